The number of amides is 1. The predicted molar refractivity (Wildman–Crippen MR) is 93.8 cm³/mol. The topological polar surface area (TPSA) is 74.8 Å². The van der Waals surface area contributed by atoms with Gasteiger partial charge in [0.05, 0.1) is 0 Å². The zero-order valence-corrected chi connectivity index (χ0v) is 15.2. The molecule has 0 aromatic heterocycles. The zero-order chi connectivity index (χ0) is 14.3. The number of rotatable bonds is 10. The van der Waals surface area contributed by atoms with Crippen molar-refractivity contribution < 1.29 is 9.53 Å². The molecule has 0 aliphatic heterocycles. The molecule has 0 spiro atoms. The van der Waals surface area contributed by atoms with Gasteiger partial charge in [-0.3, -0.25) is 9.79 Å². The Morgan fingerprint density at radius 1 is 1.10 bits per heavy atom. The van der Waals surface area contributed by atoms with Crippen molar-refractivity contribution in [3.8, 4) is 0 Å². The first-order valence-electron chi connectivity index (χ1n) is 7.03. The molecular weight excluding hydrogens is 371 g/mol. The number of hydrogen-bond acceptors (Lipinski definition) is 3. The summed E-state index contributed by atoms with van der Waals surface area (Å²) in [4.78, 5) is 15.5. The first-order chi connectivity index (χ1) is 9.24. The second-order valence-electron chi connectivity index (χ2n) is 4.08. The molecular formula is C13H29IN4O2. The lowest BCUT2D eigenvalue weighted by molar-refractivity contribution is -0.120. The van der Waals surface area contributed by atoms with E-state index in [2.05, 4.69) is 20.9 Å². The zero-order valence-electron chi connectivity index (χ0n) is 12.8. The van der Waals surface area contributed by atoms with Gasteiger partial charge < -0.3 is 20.7 Å². The van der Waals surface area contributed by atoms with E-state index in [1.54, 1.807) is 7.05 Å². The van der Waals surface area contributed by atoms with E-state index in [-0.39, 0.29) is 29.9 Å². The number of carbonyl (C=O) groups excluding carboxylic acids is 1. The molecule has 0 aliphatic rings. The summed E-state index contributed by atoms with van der Waals surface area (Å²) in [7, 11) is 1.72. The second kappa shape index (κ2) is 16.5. The van der Waals surface area contributed by atoms with Gasteiger partial charge >= 0.3 is 0 Å². The number of aliphatic imine (C=N–C) groups is 1. The maximum atomic E-state index is 11.4. The van der Waals surface area contributed by atoms with Gasteiger partial charge in [0.25, 0.3) is 0 Å². The van der Waals surface area contributed by atoms with Gasteiger partial charge in [0.1, 0.15) is 0 Å². The van der Waals surface area contributed by atoms with E-state index in [1.807, 2.05) is 13.8 Å². The van der Waals surface area contributed by atoms with Gasteiger partial charge in [-0.25, -0.2) is 0 Å². The van der Waals surface area contributed by atoms with Gasteiger partial charge in [-0.1, -0.05) is 6.92 Å². The Morgan fingerprint density at radius 2 is 1.80 bits per heavy atom. The molecule has 120 valence electrons. The lowest BCUT2D eigenvalue weighted by Gasteiger charge is -2.11. The molecule has 0 bridgehead atoms. The van der Waals surface area contributed by atoms with Crippen molar-refractivity contribution in [1.82, 2.24) is 16.0 Å². The lowest BCUT2D eigenvalue weighted by atomic mass is 10.4. The molecule has 0 aliphatic carbocycles. The van der Waals surface area contributed by atoms with Crippen LogP contribution in [0.3, 0.4) is 0 Å². The van der Waals surface area contributed by atoms with Crippen LogP contribution < -0.4 is 16.0 Å². The number of guanidine groups is 1. The van der Waals surface area contributed by atoms with Crippen molar-refractivity contribution in [3.63, 3.8) is 0 Å². The molecule has 0 unspecified atom stereocenters. The van der Waals surface area contributed by atoms with Crippen LogP contribution in [0.4, 0.5) is 0 Å². The Balaban J connectivity index is 0. The number of ether oxygens (including phenoxy) is 1. The number of carbonyl (C=O) groups is 1. The standard InChI is InChI=1S/C13H28N4O2.HI/c1-4-8-15-12(18)7-10-17-13(14-3)16-9-6-11-19-5-2;/h4-11H2,1-3H3,(H,15,18)(H2,14,16,17);1H. The fraction of sp³-hybridized carbons (Fsp3) is 0.846. The maximum Gasteiger partial charge on any atom is 0.221 e. The molecule has 0 saturated heterocycles. The molecule has 0 fully saturated rings. The van der Waals surface area contributed by atoms with Crippen LogP contribution in [0.25, 0.3) is 0 Å². The van der Waals surface area contributed by atoms with Gasteiger partial charge in [0, 0.05) is 46.3 Å². The number of nitrogens with one attached hydrogen (secondary N) is 3. The van der Waals surface area contributed by atoms with Crippen molar-refractivity contribution in [3.05, 3.63) is 0 Å². The summed E-state index contributed by atoms with van der Waals surface area (Å²) >= 11 is 0. The molecule has 20 heavy (non-hydrogen) atoms. The van der Waals surface area contributed by atoms with E-state index in [0.29, 0.717) is 13.0 Å². The molecule has 0 radical (unpaired) electrons. The quantitative estimate of drug-likeness (QED) is 0.222. The predicted octanol–water partition coefficient (Wildman–Crippen LogP) is 1.11. The molecule has 6 nitrogen and oxygen atoms in total. The minimum absolute atomic E-state index is 0. The van der Waals surface area contributed by atoms with Crippen molar-refractivity contribution in [2.45, 2.75) is 33.1 Å². The van der Waals surface area contributed by atoms with Crippen LogP contribution >= 0.6 is 24.0 Å². The molecule has 0 heterocycles. The van der Waals surface area contributed by atoms with Crippen LogP contribution in [0.15, 0.2) is 4.99 Å². The molecule has 3 N–H and O–H groups in total. The monoisotopic (exact) mass is 400 g/mol. The van der Waals surface area contributed by atoms with Gasteiger partial charge in [-0.05, 0) is 19.8 Å². The van der Waals surface area contributed by atoms with Crippen molar-refractivity contribution in [2.24, 2.45) is 4.99 Å². The van der Waals surface area contributed by atoms with Crippen LogP contribution in [-0.4, -0.2) is 51.8 Å². The lowest BCUT2D eigenvalue weighted by Crippen LogP contribution is -2.40. The fourth-order valence-corrected chi connectivity index (χ4v) is 1.39. The highest BCUT2D eigenvalue weighted by Gasteiger charge is 2.01. The van der Waals surface area contributed by atoms with E-state index >= 15 is 0 Å². The van der Waals surface area contributed by atoms with Gasteiger partial charge in [-0.2, -0.15) is 0 Å². The minimum Gasteiger partial charge on any atom is -0.382 e. The molecule has 1 amide bonds. The first-order valence-corrected chi connectivity index (χ1v) is 7.03. The summed E-state index contributed by atoms with van der Waals surface area (Å²) in [5.74, 6) is 0.793. The Hall–Kier alpha value is -0.570. The molecule has 0 aromatic carbocycles. The van der Waals surface area contributed by atoms with Crippen LogP contribution in [0.2, 0.25) is 0 Å². The third-order valence-corrected chi connectivity index (χ3v) is 2.40. The minimum atomic E-state index is 0. The highest BCUT2D eigenvalue weighted by Crippen LogP contribution is 1.82. The van der Waals surface area contributed by atoms with Gasteiger partial charge in [0.15, 0.2) is 5.96 Å². The van der Waals surface area contributed by atoms with Gasteiger partial charge in [-0.15, -0.1) is 24.0 Å². The smallest absolute Gasteiger partial charge is 0.221 e. The van der Waals surface area contributed by atoms with Crippen LogP contribution in [-0.2, 0) is 9.53 Å². The Kier molecular flexibility index (Phi) is 17.9. The highest BCUT2D eigenvalue weighted by molar-refractivity contribution is 14.0. The number of nitrogens with zero attached hydrogens (tertiary/aromatic N) is 1. The van der Waals surface area contributed by atoms with Crippen molar-refractivity contribution >= 4 is 35.8 Å². The molecule has 0 atom stereocenters. The summed E-state index contributed by atoms with van der Waals surface area (Å²) in [6.45, 7) is 7.65. The fourth-order valence-electron chi connectivity index (χ4n) is 1.39. The van der Waals surface area contributed by atoms with Crippen LogP contribution in [0.5, 0.6) is 0 Å². The first kappa shape index (κ1) is 21.7. The van der Waals surface area contributed by atoms with Crippen molar-refractivity contribution in [2.75, 3.05) is 39.9 Å². The number of hydrogen-bond donors (Lipinski definition) is 3. The Bertz CT molecular complexity index is 263. The summed E-state index contributed by atoms with van der Waals surface area (Å²) in [6, 6.07) is 0. The summed E-state index contributed by atoms with van der Waals surface area (Å²) in [6.07, 6.45) is 2.35. The van der Waals surface area contributed by atoms with E-state index in [4.69, 9.17) is 4.74 Å². The van der Waals surface area contributed by atoms with Gasteiger partial charge in [0.2, 0.25) is 5.91 Å². The average Bonchev–Trinajstić information content (AvgIpc) is 2.42. The van der Waals surface area contributed by atoms with Crippen LogP contribution in [0, 0.1) is 0 Å². The Labute approximate surface area is 139 Å². The molecule has 0 rings (SSSR count). The number of halogens is 1. The summed E-state index contributed by atoms with van der Waals surface area (Å²) in [5, 5.41) is 9.11. The van der Waals surface area contributed by atoms with E-state index < -0.39 is 0 Å². The third-order valence-electron chi connectivity index (χ3n) is 2.40. The molecule has 7 heteroatoms. The highest BCUT2D eigenvalue weighted by atomic mass is 127. The molecule has 0 saturated carbocycles. The normalized spacial score (nSPS) is 10.7. The van der Waals surface area contributed by atoms with Crippen LogP contribution in [0.1, 0.15) is 33.1 Å². The molecule has 0 aromatic rings. The summed E-state index contributed by atoms with van der Waals surface area (Å²) < 4.78 is 5.25. The van der Waals surface area contributed by atoms with E-state index in [0.717, 1.165) is 45.1 Å². The summed E-state index contributed by atoms with van der Waals surface area (Å²) in [5.41, 5.74) is 0. The largest absolute Gasteiger partial charge is 0.382 e. The van der Waals surface area contributed by atoms with E-state index in [9.17, 15) is 4.79 Å². The second-order valence-corrected chi connectivity index (χ2v) is 4.08. The maximum absolute atomic E-state index is 11.4. The third kappa shape index (κ3) is 13.9. The SMILES string of the molecule is CCCNC(=O)CCNC(=NC)NCCCOCC.I. The van der Waals surface area contributed by atoms with Crippen molar-refractivity contribution in [1.29, 1.82) is 0 Å². The average molecular weight is 400 g/mol. The Morgan fingerprint density at radius 3 is 2.40 bits per heavy atom. The van der Waals surface area contributed by atoms with E-state index in [1.165, 1.54) is 0 Å².